The van der Waals surface area contributed by atoms with E-state index in [9.17, 15) is 0 Å². The Hall–Kier alpha value is -0.0262. The molecule has 1 aliphatic carbocycles. The Morgan fingerprint density at radius 2 is 1.50 bits per heavy atom. The van der Waals surface area contributed by atoms with Crippen LogP contribution in [-0.4, -0.2) is 20.7 Å². The third-order valence-electron chi connectivity index (χ3n) is 2.65. The Balaban J connectivity index is 2.94. The average Bonchev–Trinajstić information content (AvgIpc) is 2.31. The second-order valence-electron chi connectivity index (χ2n) is 6.26. The fourth-order valence-electron chi connectivity index (χ4n) is 2.72. The highest BCUT2D eigenvalue weighted by atomic mass is 28.4. The van der Waals surface area contributed by atoms with Crippen LogP contribution < -0.4 is 0 Å². The first kappa shape index (κ1) is 12.0. The van der Waals surface area contributed by atoms with E-state index in [0.717, 1.165) is 0 Å². The van der Waals surface area contributed by atoms with Gasteiger partial charge in [-0.05, 0) is 25.0 Å². The van der Waals surface area contributed by atoms with Gasteiger partial charge in [-0.15, -0.1) is 0 Å². The van der Waals surface area contributed by atoms with Gasteiger partial charge in [0, 0.05) is 0 Å². The van der Waals surface area contributed by atoms with Crippen molar-refractivity contribution in [3.05, 3.63) is 11.8 Å². The summed E-state index contributed by atoms with van der Waals surface area (Å²) in [5, 5.41) is 0. The van der Waals surface area contributed by atoms with Crippen molar-refractivity contribution in [2.45, 2.75) is 58.5 Å². The predicted molar refractivity (Wildman–Crippen MR) is 70.5 cm³/mol. The molecule has 1 rings (SSSR count). The lowest BCUT2D eigenvalue weighted by molar-refractivity contribution is 0.708. The molecule has 0 fully saturated rings. The van der Waals surface area contributed by atoms with Gasteiger partial charge in [0.25, 0.3) is 0 Å². The molecular formula is C11H25NSi2. The molecule has 0 unspecified atom stereocenters. The molecule has 0 radical (unpaired) electrons. The standard InChI is InChI=1S/C11H25NSi2/c1-13(2,3)12(14(4,5)6)11-9-7-8-10-11/h9H,7-8,10H2,1-6H3. The van der Waals surface area contributed by atoms with Crippen LogP contribution in [0.2, 0.25) is 39.3 Å². The molecule has 1 aliphatic rings. The van der Waals surface area contributed by atoms with Gasteiger partial charge in [-0.1, -0.05) is 45.4 Å². The molecule has 0 bridgehead atoms. The van der Waals surface area contributed by atoms with Crippen molar-refractivity contribution in [2.24, 2.45) is 0 Å². The molecule has 14 heavy (non-hydrogen) atoms. The van der Waals surface area contributed by atoms with Gasteiger partial charge in [-0.2, -0.15) is 0 Å². The number of allylic oxidation sites excluding steroid dienone is 2. The van der Waals surface area contributed by atoms with Crippen LogP contribution >= 0.6 is 0 Å². The van der Waals surface area contributed by atoms with E-state index in [2.05, 4.69) is 49.6 Å². The van der Waals surface area contributed by atoms with Crippen LogP contribution in [0.1, 0.15) is 19.3 Å². The average molecular weight is 227 g/mol. The van der Waals surface area contributed by atoms with Crippen LogP contribution in [-0.2, 0) is 0 Å². The molecule has 82 valence electrons. The lowest BCUT2D eigenvalue weighted by Gasteiger charge is -2.46. The highest BCUT2D eigenvalue weighted by Crippen LogP contribution is 2.31. The van der Waals surface area contributed by atoms with E-state index < -0.39 is 16.5 Å². The zero-order chi connectivity index (χ0) is 11.0. The first-order chi connectivity index (χ1) is 6.23. The molecule has 0 aromatic carbocycles. The molecule has 0 aromatic heterocycles. The molecule has 0 spiro atoms. The van der Waals surface area contributed by atoms with Gasteiger partial charge in [0.05, 0.1) is 0 Å². The molecule has 0 amide bonds. The Bertz CT molecular complexity index is 219. The van der Waals surface area contributed by atoms with Gasteiger partial charge < -0.3 is 4.23 Å². The normalized spacial score (nSPS) is 18.3. The monoisotopic (exact) mass is 227 g/mol. The van der Waals surface area contributed by atoms with E-state index in [1.807, 2.05) is 0 Å². The molecule has 0 aliphatic heterocycles. The Morgan fingerprint density at radius 1 is 1.00 bits per heavy atom. The summed E-state index contributed by atoms with van der Waals surface area (Å²) in [6.45, 7) is 14.9. The van der Waals surface area contributed by atoms with E-state index in [-0.39, 0.29) is 0 Å². The molecule has 0 saturated heterocycles. The Kier molecular flexibility index (Phi) is 3.31. The SMILES string of the molecule is C[Si](C)(C)N(C1=CCCC1)[Si](C)(C)C. The quantitative estimate of drug-likeness (QED) is 0.658. The van der Waals surface area contributed by atoms with E-state index >= 15 is 0 Å². The van der Waals surface area contributed by atoms with Crippen LogP contribution in [0.4, 0.5) is 0 Å². The first-order valence-corrected chi connectivity index (χ1v) is 12.6. The number of nitrogens with zero attached hydrogens (tertiary/aromatic N) is 1. The van der Waals surface area contributed by atoms with Gasteiger partial charge in [-0.25, -0.2) is 0 Å². The van der Waals surface area contributed by atoms with E-state index in [4.69, 9.17) is 0 Å². The van der Waals surface area contributed by atoms with Gasteiger partial charge >= 0.3 is 0 Å². The second-order valence-corrected chi connectivity index (χ2v) is 16.3. The highest BCUT2D eigenvalue weighted by molar-refractivity contribution is 6.90. The Labute approximate surface area is 91.4 Å². The van der Waals surface area contributed by atoms with Crippen molar-refractivity contribution < 1.29 is 0 Å². The van der Waals surface area contributed by atoms with Gasteiger partial charge in [0.2, 0.25) is 0 Å². The Morgan fingerprint density at radius 3 is 1.79 bits per heavy atom. The first-order valence-electron chi connectivity index (χ1n) is 5.72. The summed E-state index contributed by atoms with van der Waals surface area (Å²) >= 11 is 0. The molecule has 0 heterocycles. The van der Waals surface area contributed by atoms with Gasteiger partial charge in [0.1, 0.15) is 16.5 Å². The molecule has 1 nitrogen and oxygen atoms in total. The smallest absolute Gasteiger partial charge is 0.138 e. The van der Waals surface area contributed by atoms with Crippen molar-refractivity contribution >= 4 is 16.5 Å². The molecular weight excluding hydrogens is 202 g/mol. The van der Waals surface area contributed by atoms with Gasteiger partial charge in [0.15, 0.2) is 0 Å². The largest absolute Gasteiger partial charge is 0.428 e. The summed E-state index contributed by atoms with van der Waals surface area (Å²) in [5.41, 5.74) is 1.67. The topological polar surface area (TPSA) is 3.24 Å². The van der Waals surface area contributed by atoms with Crippen molar-refractivity contribution in [3.63, 3.8) is 0 Å². The van der Waals surface area contributed by atoms with E-state index in [0.29, 0.717) is 0 Å². The molecule has 0 N–H and O–H groups in total. The highest BCUT2D eigenvalue weighted by Gasteiger charge is 2.35. The van der Waals surface area contributed by atoms with Crippen LogP contribution in [0.3, 0.4) is 0 Å². The summed E-state index contributed by atoms with van der Waals surface area (Å²) in [6, 6.07) is 0. The maximum absolute atomic E-state index is 2.85. The number of hydrogen-bond acceptors (Lipinski definition) is 1. The fraction of sp³-hybridized carbons (Fsp3) is 0.818. The van der Waals surface area contributed by atoms with Crippen LogP contribution in [0, 0.1) is 0 Å². The van der Waals surface area contributed by atoms with E-state index in [1.165, 1.54) is 19.3 Å². The molecule has 0 saturated carbocycles. The summed E-state index contributed by atoms with van der Waals surface area (Å²) < 4.78 is 2.85. The summed E-state index contributed by atoms with van der Waals surface area (Å²) in [7, 11) is -2.32. The third kappa shape index (κ3) is 2.73. The second kappa shape index (κ2) is 3.85. The minimum atomic E-state index is -1.16. The molecule has 3 heteroatoms. The minimum Gasteiger partial charge on any atom is -0.428 e. The predicted octanol–water partition coefficient (Wildman–Crippen LogP) is 4.03. The van der Waals surface area contributed by atoms with Crippen LogP contribution in [0.25, 0.3) is 0 Å². The van der Waals surface area contributed by atoms with Crippen molar-refractivity contribution in [1.82, 2.24) is 4.23 Å². The zero-order valence-corrected chi connectivity index (χ0v) is 12.6. The van der Waals surface area contributed by atoms with Crippen LogP contribution in [0.15, 0.2) is 11.8 Å². The molecule has 0 atom stereocenters. The lowest BCUT2D eigenvalue weighted by atomic mass is 10.3. The zero-order valence-electron chi connectivity index (χ0n) is 10.6. The maximum atomic E-state index is 2.85. The summed E-state index contributed by atoms with van der Waals surface area (Å²) in [6.07, 6.45) is 6.49. The van der Waals surface area contributed by atoms with Crippen molar-refractivity contribution in [3.8, 4) is 0 Å². The van der Waals surface area contributed by atoms with Crippen LogP contribution in [0.5, 0.6) is 0 Å². The number of hydrogen-bond donors (Lipinski definition) is 0. The van der Waals surface area contributed by atoms with E-state index in [1.54, 1.807) is 5.70 Å². The number of rotatable bonds is 3. The summed E-state index contributed by atoms with van der Waals surface area (Å²) in [5.74, 6) is 0. The molecule has 0 aromatic rings. The van der Waals surface area contributed by atoms with Crippen molar-refractivity contribution in [2.75, 3.05) is 0 Å². The van der Waals surface area contributed by atoms with Crippen molar-refractivity contribution in [1.29, 1.82) is 0 Å². The maximum Gasteiger partial charge on any atom is 0.138 e. The lowest BCUT2D eigenvalue weighted by Crippen LogP contribution is -2.57. The fourth-order valence-corrected chi connectivity index (χ4v) is 12.9. The van der Waals surface area contributed by atoms with Gasteiger partial charge in [-0.3, -0.25) is 0 Å². The minimum absolute atomic E-state index is 1.16. The third-order valence-corrected chi connectivity index (χ3v) is 9.93. The summed E-state index contributed by atoms with van der Waals surface area (Å²) in [4.78, 5) is 0.